The molecule has 0 saturated heterocycles. The summed E-state index contributed by atoms with van der Waals surface area (Å²) >= 11 is 0. The summed E-state index contributed by atoms with van der Waals surface area (Å²) in [6.45, 7) is 2.97. The van der Waals surface area contributed by atoms with E-state index in [1.807, 2.05) is 42.6 Å². The second-order valence-corrected chi connectivity index (χ2v) is 7.93. The van der Waals surface area contributed by atoms with E-state index in [0.717, 1.165) is 40.7 Å². The fourth-order valence-electron chi connectivity index (χ4n) is 3.78. The van der Waals surface area contributed by atoms with Gasteiger partial charge in [-0.3, -0.25) is 10.4 Å². The Balaban J connectivity index is 1.53. The van der Waals surface area contributed by atoms with E-state index in [1.54, 1.807) is 12.4 Å². The van der Waals surface area contributed by atoms with Gasteiger partial charge in [-0.1, -0.05) is 60.2 Å². The van der Waals surface area contributed by atoms with Crippen molar-refractivity contribution < 1.29 is 4.79 Å². The van der Waals surface area contributed by atoms with Crippen LogP contribution in [-0.4, -0.2) is 34.3 Å². The third kappa shape index (κ3) is 6.10. The molecule has 3 N–H and O–H groups in total. The van der Waals surface area contributed by atoms with Crippen molar-refractivity contribution in [2.24, 2.45) is 0 Å². The van der Waals surface area contributed by atoms with Crippen molar-refractivity contribution in [1.29, 1.82) is 0 Å². The van der Waals surface area contributed by atoms with Gasteiger partial charge >= 0.3 is 0 Å². The van der Waals surface area contributed by atoms with E-state index in [1.165, 1.54) is 5.56 Å². The Morgan fingerprint density at radius 3 is 2.56 bits per heavy atom. The van der Waals surface area contributed by atoms with Gasteiger partial charge in [-0.05, 0) is 36.6 Å². The number of aryl methyl sites for hydroxylation is 1. The van der Waals surface area contributed by atoms with E-state index in [2.05, 4.69) is 63.4 Å². The number of nitrogens with one attached hydrogen (secondary N) is 3. The van der Waals surface area contributed by atoms with Crippen molar-refractivity contribution >= 4 is 12.2 Å². The normalized spacial score (nSPS) is 11.7. The van der Waals surface area contributed by atoms with Crippen LogP contribution in [0.25, 0.3) is 22.4 Å². The van der Waals surface area contributed by atoms with E-state index < -0.39 is 0 Å². The first kappa shape index (κ1) is 23.2. The molecule has 172 valence electrons. The molecule has 0 spiro atoms. The molecule has 2 aromatic heterocycles. The molecule has 34 heavy (non-hydrogen) atoms. The molecule has 7 heteroatoms. The van der Waals surface area contributed by atoms with Crippen LogP contribution in [0.3, 0.4) is 0 Å². The summed E-state index contributed by atoms with van der Waals surface area (Å²) in [6.07, 6.45) is 7.01. The maximum Gasteiger partial charge on any atom is 0.223 e. The smallest absolute Gasteiger partial charge is 0.223 e. The van der Waals surface area contributed by atoms with E-state index >= 15 is 0 Å². The van der Waals surface area contributed by atoms with E-state index in [-0.39, 0.29) is 12.6 Å². The van der Waals surface area contributed by atoms with E-state index in [4.69, 9.17) is 4.98 Å². The Morgan fingerprint density at radius 1 is 0.971 bits per heavy atom. The van der Waals surface area contributed by atoms with Crippen molar-refractivity contribution in [1.82, 2.24) is 25.8 Å². The third-order valence-electron chi connectivity index (χ3n) is 5.45. The Hall–Kier alpha value is -3.94. The topological polar surface area (TPSA) is 91.8 Å². The maximum atomic E-state index is 10.7. The van der Waals surface area contributed by atoms with Crippen molar-refractivity contribution in [2.75, 3.05) is 18.4 Å². The highest BCUT2D eigenvalue weighted by Gasteiger charge is 2.14. The van der Waals surface area contributed by atoms with E-state index in [9.17, 15) is 4.79 Å². The van der Waals surface area contributed by atoms with Crippen LogP contribution in [-0.2, 0) is 4.79 Å². The van der Waals surface area contributed by atoms with Crippen LogP contribution in [0.2, 0.25) is 0 Å². The number of pyridine rings is 1. The minimum atomic E-state index is 0.0277. The number of aromatic nitrogens is 3. The first-order chi connectivity index (χ1) is 16.7. The lowest BCUT2D eigenvalue weighted by Gasteiger charge is -2.20. The van der Waals surface area contributed by atoms with Crippen LogP contribution in [0.1, 0.15) is 23.6 Å². The van der Waals surface area contributed by atoms with Crippen molar-refractivity contribution in [3.05, 3.63) is 96.4 Å². The number of nitrogens with zero attached hydrogens (tertiary/aromatic N) is 3. The number of carbonyl (C=O) groups is 1. The molecule has 0 radical (unpaired) electrons. The lowest BCUT2D eigenvalue weighted by molar-refractivity contribution is -0.107. The van der Waals surface area contributed by atoms with Crippen LogP contribution in [0.15, 0.2) is 85.3 Å². The quantitative estimate of drug-likeness (QED) is 0.177. The molecule has 0 bridgehead atoms. The molecule has 4 rings (SSSR count). The van der Waals surface area contributed by atoms with Crippen LogP contribution in [0, 0.1) is 6.92 Å². The zero-order valence-electron chi connectivity index (χ0n) is 19.1. The minimum Gasteiger partial charge on any atom is -0.354 e. The molecule has 2 heterocycles. The van der Waals surface area contributed by atoms with Gasteiger partial charge in [-0.15, -0.1) is 0 Å². The Morgan fingerprint density at radius 2 is 1.79 bits per heavy atom. The van der Waals surface area contributed by atoms with Crippen molar-refractivity contribution in [2.45, 2.75) is 19.4 Å². The van der Waals surface area contributed by atoms with Crippen LogP contribution < -0.4 is 16.2 Å². The summed E-state index contributed by atoms with van der Waals surface area (Å²) in [5.74, 6) is 0.566. The first-order valence-corrected chi connectivity index (χ1v) is 11.3. The first-order valence-electron chi connectivity index (χ1n) is 11.3. The molecule has 0 aliphatic heterocycles. The number of hydrogen-bond acceptors (Lipinski definition) is 7. The summed E-state index contributed by atoms with van der Waals surface area (Å²) in [7, 11) is 0. The van der Waals surface area contributed by atoms with Gasteiger partial charge in [0.05, 0.1) is 12.2 Å². The lowest BCUT2D eigenvalue weighted by Crippen LogP contribution is -2.37. The summed E-state index contributed by atoms with van der Waals surface area (Å²) in [6, 6.07) is 22.4. The second kappa shape index (κ2) is 11.8. The molecule has 7 nitrogen and oxygen atoms in total. The molecule has 2 aromatic carbocycles. The molecular formula is C27H28N6O. The summed E-state index contributed by atoms with van der Waals surface area (Å²) in [4.78, 5) is 24.3. The second-order valence-electron chi connectivity index (χ2n) is 7.93. The third-order valence-corrected chi connectivity index (χ3v) is 5.45. The zero-order chi connectivity index (χ0) is 23.6. The standard InChI is InChI=1S/C27H28N6O/c1-20-6-5-9-23(18-20)24-19-30-27(32-26(24)22-10-13-28-14-11-22)29-15-12-25(33-31-16-17-34)21-7-3-2-4-8-21/h2-11,13-14,17-19,25,31,33H,12,15-16H2,1H3,(H,29,30,32)/t25-/m0/s1. The van der Waals surface area contributed by atoms with Crippen LogP contribution in [0.4, 0.5) is 5.95 Å². The van der Waals surface area contributed by atoms with Gasteiger partial charge in [-0.2, -0.15) is 0 Å². The van der Waals surface area contributed by atoms with Crippen molar-refractivity contribution in [3.63, 3.8) is 0 Å². The highest BCUT2D eigenvalue weighted by Crippen LogP contribution is 2.31. The molecule has 1 atom stereocenters. The molecule has 0 unspecified atom stereocenters. The van der Waals surface area contributed by atoms with Gasteiger partial charge in [0.15, 0.2) is 0 Å². The van der Waals surface area contributed by atoms with Gasteiger partial charge in [0.2, 0.25) is 5.95 Å². The molecule has 0 aliphatic rings. The van der Waals surface area contributed by atoms with Gasteiger partial charge < -0.3 is 10.1 Å². The highest BCUT2D eigenvalue weighted by atomic mass is 16.1. The minimum absolute atomic E-state index is 0.0277. The molecule has 0 aliphatic carbocycles. The summed E-state index contributed by atoms with van der Waals surface area (Å²) < 4.78 is 0. The number of benzene rings is 2. The number of hydrazine groups is 1. The van der Waals surface area contributed by atoms with Gasteiger partial charge in [-0.25, -0.2) is 15.4 Å². The van der Waals surface area contributed by atoms with Gasteiger partial charge in [0.1, 0.15) is 6.29 Å². The molecule has 4 aromatic rings. The number of carbonyl (C=O) groups excluding carboxylic acids is 1. The van der Waals surface area contributed by atoms with Crippen LogP contribution in [0.5, 0.6) is 0 Å². The predicted octanol–water partition coefficient (Wildman–Crippen LogP) is 4.35. The largest absolute Gasteiger partial charge is 0.354 e. The fraction of sp³-hybridized carbons (Fsp3) is 0.185. The Bertz CT molecular complexity index is 1200. The average molecular weight is 453 g/mol. The maximum absolute atomic E-state index is 10.7. The number of rotatable bonds is 11. The Labute approximate surface area is 199 Å². The monoisotopic (exact) mass is 452 g/mol. The van der Waals surface area contributed by atoms with Gasteiger partial charge in [0, 0.05) is 42.3 Å². The summed E-state index contributed by atoms with van der Waals surface area (Å²) in [5.41, 5.74) is 12.4. The highest BCUT2D eigenvalue weighted by molar-refractivity contribution is 5.80. The number of hydrogen-bond donors (Lipinski definition) is 3. The number of aldehydes is 1. The lowest BCUT2D eigenvalue weighted by atomic mass is 10.00. The predicted molar refractivity (Wildman–Crippen MR) is 135 cm³/mol. The van der Waals surface area contributed by atoms with Gasteiger partial charge in [0.25, 0.3) is 0 Å². The van der Waals surface area contributed by atoms with Crippen molar-refractivity contribution in [3.8, 4) is 22.4 Å². The SMILES string of the molecule is Cc1cccc(-c2cnc(NCC[C@H](NNCC=O)c3ccccc3)nc2-c2ccncc2)c1. The van der Waals surface area contributed by atoms with Crippen LogP contribution >= 0.6 is 0 Å². The molecular weight excluding hydrogens is 424 g/mol. The summed E-state index contributed by atoms with van der Waals surface area (Å²) in [5, 5.41) is 3.36. The average Bonchev–Trinajstić information content (AvgIpc) is 2.89. The molecule has 0 fully saturated rings. The number of anilines is 1. The Kier molecular flexibility index (Phi) is 8.05. The molecule has 0 saturated carbocycles. The fourth-order valence-corrected chi connectivity index (χ4v) is 3.78. The zero-order valence-corrected chi connectivity index (χ0v) is 19.1. The molecule has 0 amide bonds. The van der Waals surface area contributed by atoms with E-state index in [0.29, 0.717) is 12.5 Å².